The van der Waals surface area contributed by atoms with E-state index in [2.05, 4.69) is 10.1 Å². The third-order valence-electron chi connectivity index (χ3n) is 3.33. The van der Waals surface area contributed by atoms with Crippen LogP contribution in [0.3, 0.4) is 0 Å². The molecule has 7 heteroatoms. The molecule has 0 saturated heterocycles. The van der Waals surface area contributed by atoms with Crippen LogP contribution in [0.15, 0.2) is 41.8 Å². The molecule has 0 unspecified atom stereocenters. The van der Waals surface area contributed by atoms with Gasteiger partial charge in [-0.2, -0.15) is 9.40 Å². The average Bonchev–Trinajstić information content (AvgIpc) is 3.17. The van der Waals surface area contributed by atoms with Gasteiger partial charge in [0.25, 0.3) is 0 Å². The summed E-state index contributed by atoms with van der Waals surface area (Å²) < 4.78 is 28.5. The van der Waals surface area contributed by atoms with E-state index < -0.39 is 10.0 Å². The molecule has 0 amide bonds. The van der Waals surface area contributed by atoms with Gasteiger partial charge in [0.1, 0.15) is 4.90 Å². The summed E-state index contributed by atoms with van der Waals surface area (Å²) in [5, 5.41) is 3.95. The summed E-state index contributed by atoms with van der Waals surface area (Å²) in [7, 11) is -1.77. The second-order valence-corrected chi connectivity index (χ2v) is 6.88. The topological polar surface area (TPSA) is 68.1 Å². The van der Waals surface area contributed by atoms with E-state index in [1.165, 1.54) is 17.1 Å². The molecule has 0 N–H and O–H groups in total. The Hall–Kier alpha value is -1.73. The first-order valence-corrected chi connectivity index (χ1v) is 7.91. The van der Waals surface area contributed by atoms with Crippen molar-refractivity contribution in [2.24, 2.45) is 7.05 Å². The third-order valence-corrected chi connectivity index (χ3v) is 5.18. The second kappa shape index (κ2) is 4.99. The summed E-state index contributed by atoms with van der Waals surface area (Å²) >= 11 is 0. The van der Waals surface area contributed by atoms with Gasteiger partial charge < -0.3 is 0 Å². The summed E-state index contributed by atoms with van der Waals surface area (Å²) in [6.07, 6.45) is 8.14. The molecule has 3 rings (SSSR count). The van der Waals surface area contributed by atoms with Crippen molar-refractivity contribution in [2.75, 3.05) is 0 Å². The maximum absolute atomic E-state index is 12.7. The summed E-state index contributed by atoms with van der Waals surface area (Å²) in [6, 6.07) is 3.79. The number of hydrogen-bond acceptors (Lipinski definition) is 4. The minimum absolute atomic E-state index is 0.105. The van der Waals surface area contributed by atoms with Gasteiger partial charge in [0, 0.05) is 38.2 Å². The molecule has 0 radical (unpaired) electrons. The molecular weight excluding hydrogens is 276 g/mol. The van der Waals surface area contributed by atoms with E-state index in [4.69, 9.17) is 0 Å². The van der Waals surface area contributed by atoms with Gasteiger partial charge in [-0.3, -0.25) is 9.67 Å². The van der Waals surface area contributed by atoms with Crippen molar-refractivity contribution in [2.45, 2.75) is 30.3 Å². The third kappa shape index (κ3) is 2.59. The number of hydrogen-bond donors (Lipinski definition) is 0. The van der Waals surface area contributed by atoms with Crippen LogP contribution in [0.1, 0.15) is 18.4 Å². The smallest absolute Gasteiger partial charge is 0.246 e. The lowest BCUT2D eigenvalue weighted by atomic mass is 10.3. The molecule has 2 aromatic heterocycles. The molecule has 1 aliphatic rings. The second-order valence-electron chi connectivity index (χ2n) is 4.99. The molecule has 2 aromatic rings. The summed E-state index contributed by atoms with van der Waals surface area (Å²) in [5.74, 6) is 0. The predicted octanol–water partition coefficient (Wildman–Crippen LogP) is 1.17. The zero-order chi connectivity index (χ0) is 14.2. The zero-order valence-corrected chi connectivity index (χ0v) is 12.0. The molecule has 2 heterocycles. The molecule has 6 nitrogen and oxygen atoms in total. The summed E-state index contributed by atoms with van der Waals surface area (Å²) in [4.78, 5) is 4.21. The van der Waals surface area contributed by atoms with E-state index in [0.29, 0.717) is 6.54 Å². The van der Waals surface area contributed by atoms with Crippen molar-refractivity contribution in [3.8, 4) is 0 Å². The van der Waals surface area contributed by atoms with E-state index >= 15 is 0 Å². The minimum Gasteiger partial charge on any atom is -0.274 e. The lowest BCUT2D eigenvalue weighted by Gasteiger charge is -2.21. The standard InChI is InChI=1S/C13H16N4O2S/c1-16-10-13(8-15-16)20(18,19)17(12-2-3-12)9-11-4-6-14-7-5-11/h4-8,10,12H,2-3,9H2,1H3. The molecule has 0 aromatic carbocycles. The molecule has 1 fully saturated rings. The van der Waals surface area contributed by atoms with Crippen molar-refractivity contribution in [1.82, 2.24) is 19.1 Å². The maximum Gasteiger partial charge on any atom is 0.246 e. The van der Waals surface area contributed by atoms with Gasteiger partial charge in [0.05, 0.1) is 6.20 Å². The van der Waals surface area contributed by atoms with Gasteiger partial charge in [-0.1, -0.05) is 0 Å². The van der Waals surface area contributed by atoms with E-state index in [1.807, 2.05) is 12.1 Å². The van der Waals surface area contributed by atoms with Crippen molar-refractivity contribution >= 4 is 10.0 Å². The van der Waals surface area contributed by atoms with Crippen LogP contribution in [0.2, 0.25) is 0 Å². The van der Waals surface area contributed by atoms with Gasteiger partial charge in [0.2, 0.25) is 10.0 Å². The number of sulfonamides is 1. The van der Waals surface area contributed by atoms with Crippen LogP contribution in [0.4, 0.5) is 0 Å². The Bertz CT molecular complexity index is 692. The lowest BCUT2D eigenvalue weighted by molar-refractivity contribution is 0.398. The molecule has 0 atom stereocenters. The van der Waals surface area contributed by atoms with Crippen LogP contribution in [-0.4, -0.2) is 33.5 Å². The lowest BCUT2D eigenvalue weighted by Crippen LogP contribution is -2.32. The Morgan fingerprint density at radius 1 is 1.35 bits per heavy atom. The molecule has 1 saturated carbocycles. The quantitative estimate of drug-likeness (QED) is 0.829. The number of pyridine rings is 1. The van der Waals surface area contributed by atoms with Gasteiger partial charge >= 0.3 is 0 Å². The molecular formula is C13H16N4O2S. The fourth-order valence-corrected chi connectivity index (χ4v) is 3.77. The Kier molecular flexibility index (Phi) is 3.31. The van der Waals surface area contributed by atoms with Crippen molar-refractivity contribution in [3.05, 3.63) is 42.5 Å². The SMILES string of the molecule is Cn1cc(S(=O)(=O)N(Cc2ccncc2)C2CC2)cn1. The van der Waals surface area contributed by atoms with Crippen LogP contribution in [0.25, 0.3) is 0 Å². The van der Waals surface area contributed by atoms with E-state index in [0.717, 1.165) is 18.4 Å². The minimum atomic E-state index is -3.49. The first-order chi connectivity index (χ1) is 9.57. The maximum atomic E-state index is 12.7. The largest absolute Gasteiger partial charge is 0.274 e. The highest BCUT2D eigenvalue weighted by molar-refractivity contribution is 7.89. The zero-order valence-electron chi connectivity index (χ0n) is 11.2. The van der Waals surface area contributed by atoms with E-state index in [1.54, 1.807) is 23.7 Å². The van der Waals surface area contributed by atoms with Crippen LogP contribution < -0.4 is 0 Å². The normalized spacial score (nSPS) is 15.7. The summed E-state index contributed by atoms with van der Waals surface area (Å²) in [5.41, 5.74) is 0.944. The van der Waals surface area contributed by atoms with Gasteiger partial charge in [-0.05, 0) is 30.5 Å². The first-order valence-electron chi connectivity index (χ1n) is 6.47. The Balaban J connectivity index is 1.91. The van der Waals surface area contributed by atoms with Crippen molar-refractivity contribution in [3.63, 3.8) is 0 Å². The van der Waals surface area contributed by atoms with E-state index in [9.17, 15) is 8.42 Å². The van der Waals surface area contributed by atoms with Crippen LogP contribution >= 0.6 is 0 Å². The highest BCUT2D eigenvalue weighted by Gasteiger charge is 2.38. The monoisotopic (exact) mass is 292 g/mol. The molecule has 1 aliphatic carbocycles. The van der Waals surface area contributed by atoms with Crippen LogP contribution in [-0.2, 0) is 23.6 Å². The molecule has 0 aliphatic heterocycles. The Labute approximate surface area is 118 Å². The Morgan fingerprint density at radius 3 is 2.60 bits per heavy atom. The molecule has 0 bridgehead atoms. The molecule has 106 valence electrons. The van der Waals surface area contributed by atoms with Crippen molar-refractivity contribution in [1.29, 1.82) is 0 Å². The van der Waals surface area contributed by atoms with Crippen LogP contribution in [0, 0.1) is 0 Å². The molecule has 0 spiro atoms. The number of nitrogens with zero attached hydrogens (tertiary/aromatic N) is 4. The Morgan fingerprint density at radius 2 is 2.05 bits per heavy atom. The average molecular weight is 292 g/mol. The molecule has 20 heavy (non-hydrogen) atoms. The summed E-state index contributed by atoms with van der Waals surface area (Å²) in [6.45, 7) is 0.379. The number of aromatic nitrogens is 3. The van der Waals surface area contributed by atoms with Gasteiger partial charge in [0.15, 0.2) is 0 Å². The fourth-order valence-electron chi connectivity index (χ4n) is 2.11. The highest BCUT2D eigenvalue weighted by atomic mass is 32.2. The van der Waals surface area contributed by atoms with Crippen LogP contribution in [0.5, 0.6) is 0 Å². The van der Waals surface area contributed by atoms with Crippen molar-refractivity contribution < 1.29 is 8.42 Å². The predicted molar refractivity (Wildman–Crippen MR) is 73.2 cm³/mol. The highest BCUT2D eigenvalue weighted by Crippen LogP contribution is 2.33. The fraction of sp³-hybridized carbons (Fsp3) is 0.385. The van der Waals surface area contributed by atoms with Gasteiger partial charge in [-0.25, -0.2) is 8.42 Å². The van der Waals surface area contributed by atoms with E-state index in [-0.39, 0.29) is 10.9 Å². The van der Waals surface area contributed by atoms with Gasteiger partial charge in [-0.15, -0.1) is 0 Å². The number of aryl methyl sites for hydroxylation is 1. The first kappa shape index (κ1) is 13.3. The number of rotatable bonds is 5.